The molecule has 0 unspecified atom stereocenters. The van der Waals surface area contributed by atoms with Crippen LogP contribution in [0.5, 0.6) is 0 Å². The van der Waals surface area contributed by atoms with Gasteiger partial charge in [0, 0.05) is 11.5 Å². The topological polar surface area (TPSA) is 99.7 Å². The molecule has 6 N–H and O–H groups in total. The Bertz CT molecular complexity index is 127. The van der Waals surface area contributed by atoms with E-state index in [-0.39, 0.29) is 35.1 Å². The zero-order valence-electron chi connectivity index (χ0n) is 6.20. The van der Waals surface area contributed by atoms with Gasteiger partial charge in [-0.3, -0.25) is 10.8 Å². The highest BCUT2D eigenvalue weighted by atomic mass is 35.5. The van der Waals surface area contributed by atoms with Crippen molar-refractivity contribution in [1.29, 1.82) is 10.8 Å². The van der Waals surface area contributed by atoms with Crippen LogP contribution in [-0.2, 0) is 0 Å². The summed E-state index contributed by atoms with van der Waals surface area (Å²) in [5, 5.41) is 13.9. The van der Waals surface area contributed by atoms with Gasteiger partial charge in [0.15, 0.2) is 10.3 Å². The highest BCUT2D eigenvalue weighted by Crippen LogP contribution is 2.04. The Morgan fingerprint density at radius 2 is 1.17 bits per heavy atom. The molecule has 12 heavy (non-hydrogen) atoms. The molecule has 0 bridgehead atoms. The molecule has 0 atom stereocenters. The zero-order valence-corrected chi connectivity index (χ0v) is 9.47. The molecule has 0 spiro atoms. The van der Waals surface area contributed by atoms with Crippen molar-refractivity contribution in [1.82, 2.24) is 0 Å². The first-order valence-corrected chi connectivity index (χ1v) is 4.53. The van der Waals surface area contributed by atoms with E-state index in [0.29, 0.717) is 0 Å². The minimum atomic E-state index is 0. The van der Waals surface area contributed by atoms with Gasteiger partial charge in [-0.2, -0.15) is 0 Å². The van der Waals surface area contributed by atoms with E-state index < -0.39 is 0 Å². The number of nitrogens with one attached hydrogen (secondary N) is 2. The molecular weight excluding hydrogens is 239 g/mol. The van der Waals surface area contributed by atoms with Gasteiger partial charge in [-0.15, -0.1) is 24.8 Å². The molecule has 0 aliphatic rings. The van der Waals surface area contributed by atoms with E-state index in [0.717, 1.165) is 11.5 Å². The highest BCUT2D eigenvalue weighted by Gasteiger charge is 1.92. The third-order valence-electron chi connectivity index (χ3n) is 0.598. The normalized spacial score (nSPS) is 7.67. The molecule has 0 aromatic heterocycles. The van der Waals surface area contributed by atoms with Gasteiger partial charge in [-0.05, 0) is 0 Å². The molecule has 0 fully saturated rings. The Balaban J connectivity index is -0.000000405. The van der Waals surface area contributed by atoms with Gasteiger partial charge < -0.3 is 11.5 Å². The Morgan fingerprint density at radius 1 is 0.917 bits per heavy atom. The molecule has 0 aromatic rings. The zero-order chi connectivity index (χ0) is 7.98. The molecule has 8 heteroatoms. The third kappa shape index (κ3) is 16.7. The van der Waals surface area contributed by atoms with Crippen molar-refractivity contribution in [2.75, 3.05) is 11.5 Å². The molecule has 0 saturated heterocycles. The van der Waals surface area contributed by atoms with E-state index in [9.17, 15) is 0 Å². The van der Waals surface area contributed by atoms with Gasteiger partial charge in [-0.25, -0.2) is 0 Å². The maximum Gasteiger partial charge on any atom is 0.151 e. The van der Waals surface area contributed by atoms with Crippen LogP contribution in [0.15, 0.2) is 0 Å². The maximum atomic E-state index is 6.83. The van der Waals surface area contributed by atoms with Gasteiger partial charge in [0.05, 0.1) is 0 Å². The Labute approximate surface area is 92.4 Å². The summed E-state index contributed by atoms with van der Waals surface area (Å²) in [5.41, 5.74) is 10.1. The molecule has 0 rings (SSSR count). The van der Waals surface area contributed by atoms with Crippen molar-refractivity contribution in [3.8, 4) is 0 Å². The van der Waals surface area contributed by atoms with Crippen molar-refractivity contribution in [3.63, 3.8) is 0 Å². The van der Waals surface area contributed by atoms with Crippen LogP contribution in [-0.4, -0.2) is 21.8 Å². The first-order valence-electron chi connectivity index (χ1n) is 2.56. The quantitative estimate of drug-likeness (QED) is 0.342. The fourth-order valence-corrected chi connectivity index (χ4v) is 1.41. The second-order valence-corrected chi connectivity index (χ2v) is 3.70. The van der Waals surface area contributed by atoms with Crippen molar-refractivity contribution < 1.29 is 0 Å². The number of hydrogen-bond donors (Lipinski definition) is 4. The van der Waals surface area contributed by atoms with Gasteiger partial charge in [0.1, 0.15) is 0 Å². The minimum Gasteiger partial charge on any atom is -0.379 e. The summed E-state index contributed by atoms with van der Waals surface area (Å²) >= 11 is 2.52. The van der Waals surface area contributed by atoms with Crippen LogP contribution in [0.4, 0.5) is 0 Å². The number of hydrogen-bond acceptors (Lipinski definition) is 4. The minimum absolute atomic E-state index is 0. The van der Waals surface area contributed by atoms with Crippen LogP contribution >= 0.6 is 48.3 Å². The van der Waals surface area contributed by atoms with Gasteiger partial charge >= 0.3 is 0 Å². The summed E-state index contributed by atoms with van der Waals surface area (Å²) in [6.07, 6.45) is 0. The highest BCUT2D eigenvalue weighted by molar-refractivity contribution is 8.16. The average molecular weight is 251 g/mol. The lowest BCUT2D eigenvalue weighted by Gasteiger charge is -1.96. The number of halogens is 2. The Morgan fingerprint density at radius 3 is 1.33 bits per heavy atom. The van der Waals surface area contributed by atoms with Crippen LogP contribution in [0.3, 0.4) is 0 Å². The van der Waals surface area contributed by atoms with Crippen LogP contribution in [0.1, 0.15) is 0 Å². The predicted octanol–water partition coefficient (Wildman–Crippen LogP) is 1.08. The largest absolute Gasteiger partial charge is 0.379 e. The van der Waals surface area contributed by atoms with Gasteiger partial charge in [-0.1, -0.05) is 23.5 Å². The molecule has 0 aliphatic carbocycles. The lowest BCUT2D eigenvalue weighted by Crippen LogP contribution is -2.08. The molecule has 0 saturated carbocycles. The fraction of sp³-hybridized carbons (Fsp3) is 0.500. The predicted molar refractivity (Wildman–Crippen MR) is 63.2 cm³/mol. The van der Waals surface area contributed by atoms with Crippen molar-refractivity contribution in [3.05, 3.63) is 0 Å². The van der Waals surface area contributed by atoms with E-state index in [2.05, 4.69) is 0 Å². The lowest BCUT2D eigenvalue weighted by molar-refractivity contribution is 1.48. The molecule has 74 valence electrons. The second kappa shape index (κ2) is 11.2. The van der Waals surface area contributed by atoms with Crippen LogP contribution in [0, 0.1) is 10.8 Å². The average Bonchev–Trinajstić information content (AvgIpc) is 1.79. The summed E-state index contributed by atoms with van der Waals surface area (Å²) in [7, 11) is 0. The maximum absolute atomic E-state index is 6.83. The van der Waals surface area contributed by atoms with E-state index in [1.54, 1.807) is 0 Å². The van der Waals surface area contributed by atoms with Crippen molar-refractivity contribution >= 4 is 58.7 Å². The molecule has 0 radical (unpaired) electrons. The van der Waals surface area contributed by atoms with Gasteiger partial charge in [0.2, 0.25) is 0 Å². The van der Waals surface area contributed by atoms with Crippen molar-refractivity contribution in [2.24, 2.45) is 11.5 Å². The number of thioether (sulfide) groups is 2. The number of nitrogens with two attached hydrogens (primary N) is 2. The Kier molecular flexibility index (Phi) is 16.9. The molecule has 0 heterocycles. The first-order chi connectivity index (χ1) is 4.63. The summed E-state index contributed by atoms with van der Waals surface area (Å²) in [5.74, 6) is 1.47. The molecule has 0 amide bonds. The standard InChI is InChI=1S/C4H10N4S2.2ClH/c5-3(6)9-1-2-10-4(7)8;;/h1-2H2,(H3,5,6)(H3,7,8);2*1H. The van der Waals surface area contributed by atoms with Crippen LogP contribution < -0.4 is 11.5 Å². The number of amidine groups is 2. The van der Waals surface area contributed by atoms with E-state index >= 15 is 0 Å². The summed E-state index contributed by atoms with van der Waals surface area (Å²) in [4.78, 5) is 0. The smallest absolute Gasteiger partial charge is 0.151 e. The van der Waals surface area contributed by atoms with E-state index in [4.69, 9.17) is 22.3 Å². The SMILES string of the molecule is Cl.Cl.N=C(N)SCCSC(=N)N. The van der Waals surface area contributed by atoms with Crippen molar-refractivity contribution in [2.45, 2.75) is 0 Å². The summed E-state index contributed by atoms with van der Waals surface area (Å²) in [6, 6.07) is 0. The third-order valence-corrected chi connectivity index (χ3v) is 2.30. The lowest BCUT2D eigenvalue weighted by atomic mass is 11.0. The molecular formula is C4H12Cl2N4S2. The molecule has 4 nitrogen and oxygen atoms in total. The van der Waals surface area contributed by atoms with Crippen LogP contribution in [0.2, 0.25) is 0 Å². The van der Waals surface area contributed by atoms with E-state index in [1.807, 2.05) is 0 Å². The van der Waals surface area contributed by atoms with Gasteiger partial charge in [0.25, 0.3) is 0 Å². The molecule has 0 aromatic carbocycles. The van der Waals surface area contributed by atoms with E-state index in [1.165, 1.54) is 23.5 Å². The molecule has 0 aliphatic heterocycles. The fourth-order valence-electron chi connectivity index (χ4n) is 0.303. The van der Waals surface area contributed by atoms with Crippen LogP contribution in [0.25, 0.3) is 0 Å². The Hall–Kier alpha value is 0.220. The first kappa shape index (κ1) is 18.1. The monoisotopic (exact) mass is 250 g/mol. The summed E-state index contributed by atoms with van der Waals surface area (Å²) in [6.45, 7) is 0. The number of rotatable bonds is 3. The summed E-state index contributed by atoms with van der Waals surface area (Å²) < 4.78 is 0. The second-order valence-electron chi connectivity index (χ2n) is 1.43.